The summed E-state index contributed by atoms with van der Waals surface area (Å²) in [6.07, 6.45) is 2.57. The fourth-order valence-electron chi connectivity index (χ4n) is 2.65. The molecule has 0 aromatic carbocycles. The number of carbonyl (C=O) groups is 1. The van der Waals surface area contributed by atoms with Gasteiger partial charge < -0.3 is 14.6 Å². The number of ether oxygens (including phenoxy) is 2. The molecule has 1 N–H and O–H groups in total. The molecule has 0 radical (unpaired) electrons. The van der Waals surface area contributed by atoms with Gasteiger partial charge in [0.2, 0.25) is 0 Å². The molecule has 116 valence electrons. The number of aliphatic hydroxyl groups excluding tert-OH is 1. The summed E-state index contributed by atoms with van der Waals surface area (Å²) in [4.78, 5) is 10.7. The summed E-state index contributed by atoms with van der Waals surface area (Å²) in [5, 5.41) is 10.3. The molecule has 1 rings (SSSR count). The second-order valence-corrected chi connectivity index (χ2v) is 6.03. The second kappa shape index (κ2) is 7.79. The Morgan fingerprint density at radius 2 is 2.05 bits per heavy atom. The van der Waals surface area contributed by atoms with Crippen molar-refractivity contribution in [2.24, 2.45) is 11.8 Å². The summed E-state index contributed by atoms with van der Waals surface area (Å²) in [6, 6.07) is 0. The van der Waals surface area contributed by atoms with Crippen molar-refractivity contribution in [2.75, 3.05) is 6.61 Å². The Morgan fingerprint density at radius 3 is 2.60 bits per heavy atom. The van der Waals surface area contributed by atoms with Crippen molar-refractivity contribution in [3.05, 3.63) is 12.2 Å². The van der Waals surface area contributed by atoms with Gasteiger partial charge in [-0.05, 0) is 30.3 Å². The van der Waals surface area contributed by atoms with E-state index >= 15 is 0 Å². The average Bonchev–Trinajstić information content (AvgIpc) is 3.15. The maximum Gasteiger partial charge on any atom is 0.302 e. The van der Waals surface area contributed by atoms with Gasteiger partial charge in [-0.3, -0.25) is 4.79 Å². The van der Waals surface area contributed by atoms with E-state index in [2.05, 4.69) is 20.4 Å². The minimum absolute atomic E-state index is 0.0481. The predicted octanol–water partition coefficient (Wildman–Crippen LogP) is 2.70. The van der Waals surface area contributed by atoms with E-state index in [-0.39, 0.29) is 30.7 Å². The van der Waals surface area contributed by atoms with Crippen molar-refractivity contribution < 1.29 is 19.4 Å². The van der Waals surface area contributed by atoms with Gasteiger partial charge in [-0.2, -0.15) is 0 Å². The highest BCUT2D eigenvalue weighted by Crippen LogP contribution is 2.37. The van der Waals surface area contributed by atoms with Crippen molar-refractivity contribution >= 4 is 5.97 Å². The Morgan fingerprint density at radius 1 is 1.40 bits per heavy atom. The number of hydrogen-bond donors (Lipinski definition) is 1. The van der Waals surface area contributed by atoms with Gasteiger partial charge in [0, 0.05) is 6.92 Å². The predicted molar refractivity (Wildman–Crippen MR) is 78.3 cm³/mol. The summed E-state index contributed by atoms with van der Waals surface area (Å²) in [5.41, 5.74) is 0.825. The zero-order valence-corrected chi connectivity index (χ0v) is 13.1. The van der Waals surface area contributed by atoms with Crippen LogP contribution in [0.4, 0.5) is 0 Å². The van der Waals surface area contributed by atoms with Crippen molar-refractivity contribution in [3.8, 4) is 0 Å². The minimum atomic E-state index is -0.478. The molecule has 0 spiro atoms. The normalized spacial score (nSPS) is 25.6. The Labute approximate surface area is 122 Å². The van der Waals surface area contributed by atoms with Crippen LogP contribution in [-0.4, -0.2) is 36.0 Å². The van der Waals surface area contributed by atoms with Gasteiger partial charge >= 0.3 is 5.97 Å². The summed E-state index contributed by atoms with van der Waals surface area (Å²) < 4.78 is 10.5. The molecule has 0 saturated carbocycles. The molecular weight excluding hydrogens is 256 g/mol. The monoisotopic (exact) mass is 284 g/mol. The van der Waals surface area contributed by atoms with Crippen LogP contribution >= 0.6 is 0 Å². The lowest BCUT2D eigenvalue weighted by Gasteiger charge is -2.19. The molecule has 4 heteroatoms. The number of esters is 1. The minimum Gasteiger partial charge on any atom is -0.461 e. The standard InChI is InChI=1S/C16H28O4/c1-6-7-11(3)15-16(20-15)14(18)12(4)8-10(2)9-19-13(5)17/h11-12,14-16,18H,2,6-9H2,1,3-5H3/t11-,12-,14+,15+,16+/m0/s1. The molecule has 0 aromatic heterocycles. The highest BCUT2D eigenvalue weighted by atomic mass is 16.6. The molecule has 1 saturated heterocycles. The topological polar surface area (TPSA) is 59.1 Å². The molecule has 1 aliphatic heterocycles. The van der Waals surface area contributed by atoms with E-state index in [0.29, 0.717) is 12.3 Å². The average molecular weight is 284 g/mol. The number of epoxide rings is 1. The van der Waals surface area contributed by atoms with Gasteiger partial charge in [-0.15, -0.1) is 0 Å². The van der Waals surface area contributed by atoms with E-state index in [9.17, 15) is 9.90 Å². The third-order valence-electron chi connectivity index (χ3n) is 3.88. The van der Waals surface area contributed by atoms with Crippen LogP contribution in [0.5, 0.6) is 0 Å². The van der Waals surface area contributed by atoms with Gasteiger partial charge in [0.25, 0.3) is 0 Å². The number of aliphatic hydroxyl groups is 1. The molecule has 0 bridgehead atoms. The summed E-state index contributed by atoms with van der Waals surface area (Å²) in [5.74, 6) is 0.247. The van der Waals surface area contributed by atoms with Crippen LogP contribution in [-0.2, 0) is 14.3 Å². The lowest BCUT2D eigenvalue weighted by Crippen LogP contribution is -2.27. The van der Waals surface area contributed by atoms with Crippen LogP contribution in [0.2, 0.25) is 0 Å². The second-order valence-electron chi connectivity index (χ2n) is 6.03. The molecule has 4 nitrogen and oxygen atoms in total. The fraction of sp³-hybridized carbons (Fsp3) is 0.812. The first-order valence-corrected chi connectivity index (χ1v) is 7.50. The maximum absolute atomic E-state index is 10.7. The number of hydrogen-bond acceptors (Lipinski definition) is 4. The highest BCUT2D eigenvalue weighted by Gasteiger charge is 2.48. The van der Waals surface area contributed by atoms with Gasteiger partial charge in [0.1, 0.15) is 12.7 Å². The summed E-state index contributed by atoms with van der Waals surface area (Å²) in [6.45, 7) is 11.8. The van der Waals surface area contributed by atoms with Crippen LogP contribution < -0.4 is 0 Å². The Bertz CT molecular complexity index is 339. The summed E-state index contributed by atoms with van der Waals surface area (Å²) >= 11 is 0. The van der Waals surface area contributed by atoms with Crippen LogP contribution in [0, 0.1) is 11.8 Å². The van der Waals surface area contributed by atoms with E-state index in [1.165, 1.54) is 6.92 Å². The van der Waals surface area contributed by atoms with Crippen LogP contribution in [0.15, 0.2) is 12.2 Å². The first-order valence-electron chi connectivity index (χ1n) is 7.50. The molecule has 0 aromatic rings. The highest BCUT2D eigenvalue weighted by molar-refractivity contribution is 5.66. The third-order valence-corrected chi connectivity index (χ3v) is 3.88. The molecule has 0 unspecified atom stereocenters. The Hall–Kier alpha value is -0.870. The van der Waals surface area contributed by atoms with E-state index in [1.807, 2.05) is 6.92 Å². The first kappa shape index (κ1) is 17.2. The molecule has 5 atom stereocenters. The summed E-state index contributed by atoms with van der Waals surface area (Å²) in [7, 11) is 0. The zero-order chi connectivity index (χ0) is 15.3. The number of rotatable bonds is 9. The lowest BCUT2D eigenvalue weighted by molar-refractivity contribution is -0.140. The van der Waals surface area contributed by atoms with Crippen LogP contribution in [0.25, 0.3) is 0 Å². The van der Waals surface area contributed by atoms with E-state index in [0.717, 1.165) is 18.4 Å². The van der Waals surface area contributed by atoms with Gasteiger partial charge in [0.05, 0.1) is 12.2 Å². The number of carbonyl (C=O) groups excluding carboxylic acids is 1. The molecule has 1 fully saturated rings. The molecule has 1 aliphatic rings. The van der Waals surface area contributed by atoms with Crippen molar-refractivity contribution in [3.63, 3.8) is 0 Å². The quantitative estimate of drug-likeness (QED) is 0.402. The van der Waals surface area contributed by atoms with E-state index in [4.69, 9.17) is 9.47 Å². The third kappa shape index (κ3) is 5.25. The van der Waals surface area contributed by atoms with E-state index in [1.54, 1.807) is 0 Å². The van der Waals surface area contributed by atoms with Crippen molar-refractivity contribution in [2.45, 2.75) is 65.3 Å². The maximum atomic E-state index is 10.7. The Kier molecular flexibility index (Phi) is 6.69. The molecule has 20 heavy (non-hydrogen) atoms. The van der Waals surface area contributed by atoms with Gasteiger partial charge in [-0.1, -0.05) is 33.8 Å². The molecular formula is C16H28O4. The van der Waals surface area contributed by atoms with Crippen molar-refractivity contribution in [1.29, 1.82) is 0 Å². The van der Waals surface area contributed by atoms with Crippen molar-refractivity contribution in [1.82, 2.24) is 0 Å². The van der Waals surface area contributed by atoms with Gasteiger partial charge in [-0.25, -0.2) is 0 Å². The Balaban J connectivity index is 2.31. The SMILES string of the molecule is C=C(COC(C)=O)C[C@H](C)[C@@H](O)[C@H]1O[C@@H]1[C@@H](C)CCC. The molecule has 1 heterocycles. The van der Waals surface area contributed by atoms with Crippen LogP contribution in [0.3, 0.4) is 0 Å². The molecule has 0 aliphatic carbocycles. The zero-order valence-electron chi connectivity index (χ0n) is 13.1. The lowest BCUT2D eigenvalue weighted by atomic mass is 9.90. The molecule has 0 amide bonds. The smallest absolute Gasteiger partial charge is 0.302 e. The largest absolute Gasteiger partial charge is 0.461 e. The van der Waals surface area contributed by atoms with Crippen LogP contribution in [0.1, 0.15) is 47.0 Å². The fourth-order valence-corrected chi connectivity index (χ4v) is 2.65. The first-order chi connectivity index (χ1) is 9.36. The van der Waals surface area contributed by atoms with Gasteiger partial charge in [0.15, 0.2) is 0 Å². The van der Waals surface area contributed by atoms with E-state index < -0.39 is 6.10 Å².